The van der Waals surface area contributed by atoms with Gasteiger partial charge in [-0.25, -0.2) is 4.68 Å². The molecule has 0 saturated carbocycles. The molecule has 1 amide bonds. The Morgan fingerprint density at radius 1 is 1.26 bits per heavy atom. The third-order valence-corrected chi connectivity index (χ3v) is 2.48. The normalized spacial score (nSPS) is 12.8. The van der Waals surface area contributed by atoms with Crippen molar-refractivity contribution in [1.82, 2.24) is 14.9 Å². The summed E-state index contributed by atoms with van der Waals surface area (Å²) in [6, 6.07) is 5.46. The van der Waals surface area contributed by atoms with Crippen molar-refractivity contribution in [3.05, 3.63) is 42.5 Å². The zero-order valence-electron chi connectivity index (χ0n) is 9.81. The fourth-order valence-corrected chi connectivity index (χ4v) is 1.61. The maximum atomic E-state index is 11.6. The molecular weight excluding hydrogens is 248 g/mol. The molecule has 2 heterocycles. The Bertz CT molecular complexity index is 622. The van der Waals surface area contributed by atoms with Gasteiger partial charge in [0, 0.05) is 6.08 Å². The third-order valence-electron chi connectivity index (χ3n) is 2.48. The molecule has 96 valence electrons. The summed E-state index contributed by atoms with van der Waals surface area (Å²) in [6.07, 6.45) is 5.89. The van der Waals surface area contributed by atoms with Crippen LogP contribution in [0.3, 0.4) is 0 Å². The minimum atomic E-state index is -0.280. The van der Waals surface area contributed by atoms with Crippen LogP contribution in [0.25, 0.3) is 6.08 Å². The second-order valence-electron chi connectivity index (χ2n) is 3.79. The van der Waals surface area contributed by atoms with Crippen molar-refractivity contribution < 1.29 is 14.3 Å². The lowest BCUT2D eigenvalue weighted by molar-refractivity contribution is -0.112. The largest absolute Gasteiger partial charge is 0.454 e. The molecule has 0 spiro atoms. The van der Waals surface area contributed by atoms with Crippen LogP contribution in [0, 0.1) is 0 Å². The second kappa shape index (κ2) is 4.81. The Morgan fingerprint density at radius 2 is 2.05 bits per heavy atom. The van der Waals surface area contributed by atoms with Crippen LogP contribution in [0.1, 0.15) is 5.56 Å². The number of amides is 1. The summed E-state index contributed by atoms with van der Waals surface area (Å²) in [6.45, 7) is 0.233. The van der Waals surface area contributed by atoms with E-state index in [9.17, 15) is 4.79 Å². The maximum Gasteiger partial charge on any atom is 0.262 e. The Kier molecular flexibility index (Phi) is 2.85. The predicted octanol–water partition coefficient (Wildman–Crippen LogP) is 0.790. The molecule has 0 unspecified atom stereocenters. The van der Waals surface area contributed by atoms with Crippen LogP contribution in [0.5, 0.6) is 11.5 Å². The molecule has 1 aromatic heterocycles. The van der Waals surface area contributed by atoms with E-state index in [1.807, 2.05) is 12.1 Å². The minimum absolute atomic E-state index is 0.233. The van der Waals surface area contributed by atoms with Gasteiger partial charge in [0.25, 0.3) is 5.91 Å². The molecule has 19 heavy (non-hydrogen) atoms. The second-order valence-corrected chi connectivity index (χ2v) is 3.79. The van der Waals surface area contributed by atoms with E-state index in [0.717, 1.165) is 5.56 Å². The molecule has 0 saturated heterocycles. The van der Waals surface area contributed by atoms with Crippen LogP contribution in [-0.4, -0.2) is 27.6 Å². The van der Waals surface area contributed by atoms with Crippen LogP contribution in [0.15, 0.2) is 36.9 Å². The summed E-state index contributed by atoms with van der Waals surface area (Å²) < 4.78 is 11.8. The van der Waals surface area contributed by atoms with Gasteiger partial charge in [0.05, 0.1) is 0 Å². The summed E-state index contributed by atoms with van der Waals surface area (Å²) in [5.74, 6) is 1.12. The van der Waals surface area contributed by atoms with E-state index in [2.05, 4.69) is 15.6 Å². The summed E-state index contributed by atoms with van der Waals surface area (Å²) in [4.78, 5) is 11.6. The van der Waals surface area contributed by atoms with E-state index in [1.54, 1.807) is 12.1 Å². The van der Waals surface area contributed by atoms with Gasteiger partial charge in [-0.3, -0.25) is 10.2 Å². The number of hydrogen-bond donors (Lipinski definition) is 1. The standard InChI is InChI=1S/C12H10N4O3/c17-12(15-16-6-13-14-7-16)4-2-9-1-3-10-11(5-9)19-8-18-10/h1-7H,8H2,(H,15,17). The molecule has 1 aliphatic heterocycles. The van der Waals surface area contributed by atoms with Gasteiger partial charge < -0.3 is 9.47 Å². The number of rotatable bonds is 3. The number of aromatic nitrogens is 3. The average molecular weight is 258 g/mol. The molecule has 7 heteroatoms. The Labute approximate surface area is 108 Å². The van der Waals surface area contributed by atoms with E-state index >= 15 is 0 Å². The number of ether oxygens (including phenoxy) is 2. The van der Waals surface area contributed by atoms with Gasteiger partial charge in [-0.15, -0.1) is 10.2 Å². The van der Waals surface area contributed by atoms with Gasteiger partial charge in [0.1, 0.15) is 12.7 Å². The fourth-order valence-electron chi connectivity index (χ4n) is 1.61. The molecule has 0 radical (unpaired) electrons. The molecule has 0 bridgehead atoms. The molecule has 3 rings (SSSR count). The number of benzene rings is 1. The lowest BCUT2D eigenvalue weighted by Crippen LogP contribution is -2.18. The van der Waals surface area contributed by atoms with Crippen LogP contribution in [0.4, 0.5) is 0 Å². The average Bonchev–Trinajstić information content (AvgIpc) is 3.06. The Morgan fingerprint density at radius 3 is 2.89 bits per heavy atom. The SMILES string of the molecule is O=C(C=Cc1ccc2c(c1)OCO2)Nn1cnnc1. The summed E-state index contributed by atoms with van der Waals surface area (Å²) in [7, 11) is 0. The molecule has 2 aromatic rings. The molecule has 1 aromatic carbocycles. The Balaban J connectivity index is 1.67. The highest BCUT2D eigenvalue weighted by Gasteiger charge is 2.12. The third kappa shape index (κ3) is 2.54. The van der Waals surface area contributed by atoms with Crippen molar-refractivity contribution in [2.75, 3.05) is 12.2 Å². The molecular formula is C12H10N4O3. The van der Waals surface area contributed by atoms with E-state index in [-0.39, 0.29) is 12.7 Å². The zero-order valence-corrected chi connectivity index (χ0v) is 9.81. The van der Waals surface area contributed by atoms with E-state index < -0.39 is 0 Å². The number of carbonyl (C=O) groups excluding carboxylic acids is 1. The highest BCUT2D eigenvalue weighted by Crippen LogP contribution is 2.32. The van der Waals surface area contributed by atoms with Gasteiger partial charge in [-0.2, -0.15) is 0 Å². The van der Waals surface area contributed by atoms with Crippen LogP contribution in [-0.2, 0) is 4.79 Å². The monoisotopic (exact) mass is 258 g/mol. The first-order valence-electron chi connectivity index (χ1n) is 5.54. The molecule has 1 N–H and O–H groups in total. The highest BCUT2D eigenvalue weighted by atomic mass is 16.7. The number of hydrogen-bond acceptors (Lipinski definition) is 5. The van der Waals surface area contributed by atoms with Gasteiger partial charge in [0.2, 0.25) is 6.79 Å². The highest BCUT2D eigenvalue weighted by molar-refractivity contribution is 5.97. The molecule has 7 nitrogen and oxygen atoms in total. The van der Waals surface area contributed by atoms with Gasteiger partial charge in [0.15, 0.2) is 11.5 Å². The Hall–Kier alpha value is -2.83. The lowest BCUT2D eigenvalue weighted by atomic mass is 10.2. The quantitative estimate of drug-likeness (QED) is 0.823. The molecule has 1 aliphatic rings. The molecule has 0 aliphatic carbocycles. The van der Waals surface area contributed by atoms with E-state index in [4.69, 9.17) is 9.47 Å². The van der Waals surface area contributed by atoms with Gasteiger partial charge >= 0.3 is 0 Å². The number of carbonyl (C=O) groups is 1. The van der Waals surface area contributed by atoms with Crippen molar-refractivity contribution in [3.63, 3.8) is 0 Å². The lowest BCUT2D eigenvalue weighted by Gasteiger charge is -2.00. The zero-order chi connectivity index (χ0) is 13.1. The minimum Gasteiger partial charge on any atom is -0.454 e. The number of fused-ring (bicyclic) bond motifs is 1. The van der Waals surface area contributed by atoms with Crippen LogP contribution < -0.4 is 14.9 Å². The predicted molar refractivity (Wildman–Crippen MR) is 66.0 cm³/mol. The first-order valence-corrected chi connectivity index (χ1v) is 5.54. The summed E-state index contributed by atoms with van der Waals surface area (Å²) in [5, 5.41) is 7.15. The van der Waals surface area contributed by atoms with Crippen molar-refractivity contribution in [2.24, 2.45) is 0 Å². The van der Waals surface area contributed by atoms with Crippen molar-refractivity contribution in [2.45, 2.75) is 0 Å². The smallest absolute Gasteiger partial charge is 0.262 e. The first-order chi connectivity index (χ1) is 9.31. The first kappa shape index (κ1) is 11.3. The maximum absolute atomic E-state index is 11.6. The van der Waals surface area contributed by atoms with Crippen molar-refractivity contribution >= 4 is 12.0 Å². The molecule has 0 atom stereocenters. The van der Waals surface area contributed by atoms with E-state index in [1.165, 1.54) is 23.4 Å². The number of nitrogens with one attached hydrogen (secondary N) is 1. The summed E-state index contributed by atoms with van der Waals surface area (Å²) in [5.41, 5.74) is 3.40. The van der Waals surface area contributed by atoms with Gasteiger partial charge in [-0.05, 0) is 23.8 Å². The van der Waals surface area contributed by atoms with E-state index in [0.29, 0.717) is 11.5 Å². The van der Waals surface area contributed by atoms with Crippen molar-refractivity contribution in [3.8, 4) is 11.5 Å². The molecule has 0 fully saturated rings. The topological polar surface area (TPSA) is 78.3 Å². The number of nitrogens with zero attached hydrogens (tertiary/aromatic N) is 3. The van der Waals surface area contributed by atoms with Gasteiger partial charge in [-0.1, -0.05) is 6.07 Å². The van der Waals surface area contributed by atoms with Crippen molar-refractivity contribution in [1.29, 1.82) is 0 Å². The summed E-state index contributed by atoms with van der Waals surface area (Å²) >= 11 is 0. The fraction of sp³-hybridized carbons (Fsp3) is 0.0833. The van der Waals surface area contributed by atoms with Crippen LogP contribution in [0.2, 0.25) is 0 Å². The van der Waals surface area contributed by atoms with Crippen LogP contribution >= 0.6 is 0 Å².